The number of rotatable bonds is 4. The van der Waals surface area contributed by atoms with Crippen molar-refractivity contribution in [1.82, 2.24) is 0 Å². The van der Waals surface area contributed by atoms with E-state index in [4.69, 9.17) is 11.6 Å². The Hall–Kier alpha value is -1.46. The number of Topliss-reactive ketones (excluding diaryl/α,β-unsaturated/α-hetero) is 1. The summed E-state index contributed by atoms with van der Waals surface area (Å²) in [6, 6.07) is 12.4. The summed E-state index contributed by atoms with van der Waals surface area (Å²) in [5.74, 6) is -0.137. The molecule has 0 unspecified atom stereocenters. The summed E-state index contributed by atoms with van der Waals surface area (Å²) >= 11 is 6.74. The third-order valence-corrected chi connectivity index (χ3v) is 3.81. The monoisotopic (exact) mass is 329 g/mol. The molecule has 0 aliphatic rings. The van der Waals surface area contributed by atoms with Crippen molar-refractivity contribution in [1.29, 1.82) is 0 Å². The van der Waals surface area contributed by atoms with E-state index in [1.54, 1.807) is 24.3 Å². The molecule has 2 rings (SSSR count). The summed E-state index contributed by atoms with van der Waals surface area (Å²) in [7, 11) is 0. The lowest BCUT2D eigenvalue weighted by Gasteiger charge is -2.07. The zero-order valence-corrected chi connectivity index (χ0v) is 12.1. The number of carbonyl (C=O) groups excluding carboxylic acids is 1. The first kappa shape index (κ1) is 15.9. The minimum atomic E-state index is -4.43. The van der Waals surface area contributed by atoms with Crippen molar-refractivity contribution < 1.29 is 18.0 Å². The summed E-state index contributed by atoms with van der Waals surface area (Å²) in [4.78, 5) is 12.2. The molecule has 0 N–H and O–H groups in total. The quantitative estimate of drug-likeness (QED) is 0.571. The van der Waals surface area contributed by atoms with Gasteiger partial charge in [-0.2, -0.15) is 13.2 Å². The number of carbonyl (C=O) groups is 1. The van der Waals surface area contributed by atoms with Crippen LogP contribution in [0.4, 0.5) is 13.2 Å². The number of ketones is 1. The number of hydrogen-bond donors (Lipinski definition) is 0. The predicted molar refractivity (Wildman–Crippen MR) is 76.8 cm³/mol. The highest BCUT2D eigenvalue weighted by Crippen LogP contribution is 2.31. The van der Waals surface area contributed by atoms with E-state index < -0.39 is 11.7 Å². The maximum atomic E-state index is 12.5. The van der Waals surface area contributed by atoms with Crippen LogP contribution in [-0.4, -0.2) is 11.5 Å². The van der Waals surface area contributed by atoms with Crippen molar-refractivity contribution >= 4 is 29.1 Å². The van der Waals surface area contributed by atoms with E-state index in [-0.39, 0.29) is 16.4 Å². The fourth-order valence-electron chi connectivity index (χ4n) is 1.56. The lowest BCUT2D eigenvalue weighted by molar-refractivity contribution is -0.138. The van der Waals surface area contributed by atoms with Gasteiger partial charge in [-0.3, -0.25) is 4.79 Å². The maximum Gasteiger partial charge on any atom is 0.417 e. The van der Waals surface area contributed by atoms with Gasteiger partial charge < -0.3 is 0 Å². The molecular weight excluding hydrogens is 321 g/mol. The Morgan fingerprint density at radius 1 is 1.14 bits per heavy atom. The largest absolute Gasteiger partial charge is 0.417 e. The average molecular weight is 330 g/mol. The molecular formula is C15H9ClF3OS. The van der Waals surface area contributed by atoms with Crippen LogP contribution in [0.3, 0.4) is 0 Å². The topological polar surface area (TPSA) is 17.1 Å². The molecule has 109 valence electrons. The number of alkyl halides is 3. The molecule has 0 aliphatic carbocycles. The van der Waals surface area contributed by atoms with Gasteiger partial charge >= 0.3 is 6.18 Å². The van der Waals surface area contributed by atoms with E-state index >= 15 is 0 Å². The Morgan fingerprint density at radius 3 is 2.43 bits per heavy atom. The first-order valence-electron chi connectivity index (χ1n) is 5.87. The SMILES string of the molecule is O=C(CSc1[c]c(C(F)(F)F)ccc1)c1ccc(Cl)cc1. The first-order chi connectivity index (χ1) is 9.86. The van der Waals surface area contributed by atoms with E-state index in [0.717, 1.165) is 17.8 Å². The molecule has 6 heteroatoms. The standard InChI is InChI=1S/C15H9ClF3OS/c16-12-6-4-10(5-7-12)14(20)9-21-13-3-1-2-11(8-13)15(17,18)19/h1-7H,9H2. The summed E-state index contributed by atoms with van der Waals surface area (Å²) in [5.41, 5.74) is -0.370. The third-order valence-electron chi connectivity index (χ3n) is 2.60. The van der Waals surface area contributed by atoms with Crippen LogP contribution in [0.5, 0.6) is 0 Å². The lowest BCUT2D eigenvalue weighted by atomic mass is 10.1. The van der Waals surface area contributed by atoms with E-state index in [9.17, 15) is 18.0 Å². The van der Waals surface area contributed by atoms with Crippen molar-refractivity contribution in [3.63, 3.8) is 0 Å². The molecule has 0 bridgehead atoms. The van der Waals surface area contributed by atoms with Crippen LogP contribution in [0.15, 0.2) is 47.4 Å². The van der Waals surface area contributed by atoms with Crippen molar-refractivity contribution in [3.05, 3.63) is 64.7 Å². The molecule has 0 aromatic heterocycles. The molecule has 1 radical (unpaired) electrons. The van der Waals surface area contributed by atoms with Gasteiger partial charge in [-0.15, -0.1) is 11.8 Å². The second-order valence-electron chi connectivity index (χ2n) is 4.15. The Labute approximate surface area is 129 Å². The molecule has 0 heterocycles. The van der Waals surface area contributed by atoms with E-state index in [1.807, 2.05) is 0 Å². The van der Waals surface area contributed by atoms with Gasteiger partial charge in [-0.05, 0) is 36.4 Å². The third kappa shape index (κ3) is 4.51. The van der Waals surface area contributed by atoms with Gasteiger partial charge in [0.2, 0.25) is 0 Å². The highest BCUT2D eigenvalue weighted by molar-refractivity contribution is 8.00. The lowest BCUT2D eigenvalue weighted by Crippen LogP contribution is -2.05. The predicted octanol–water partition coefficient (Wildman–Crippen LogP) is 5.13. The van der Waals surface area contributed by atoms with E-state index in [2.05, 4.69) is 6.07 Å². The Kier molecular flexibility index (Phi) is 4.96. The van der Waals surface area contributed by atoms with Gasteiger partial charge in [-0.1, -0.05) is 17.7 Å². The van der Waals surface area contributed by atoms with Crippen LogP contribution in [0.25, 0.3) is 0 Å². The normalized spacial score (nSPS) is 11.4. The average Bonchev–Trinajstić information content (AvgIpc) is 2.45. The fourth-order valence-corrected chi connectivity index (χ4v) is 2.50. The van der Waals surface area contributed by atoms with Gasteiger partial charge in [0.1, 0.15) is 0 Å². The summed E-state index contributed by atoms with van der Waals surface area (Å²) in [5, 5.41) is 0.519. The van der Waals surface area contributed by atoms with Crippen molar-refractivity contribution in [2.24, 2.45) is 0 Å². The minimum absolute atomic E-state index is 0.0411. The second kappa shape index (κ2) is 6.54. The number of hydrogen-bond acceptors (Lipinski definition) is 2. The van der Waals surface area contributed by atoms with Gasteiger partial charge in [0.15, 0.2) is 5.78 Å². The van der Waals surface area contributed by atoms with Crippen molar-refractivity contribution in [2.75, 3.05) is 5.75 Å². The van der Waals surface area contributed by atoms with Crippen LogP contribution in [-0.2, 0) is 6.18 Å². The molecule has 0 saturated carbocycles. The van der Waals surface area contributed by atoms with Crippen LogP contribution in [0.1, 0.15) is 15.9 Å². The molecule has 21 heavy (non-hydrogen) atoms. The molecule has 0 fully saturated rings. The Balaban J connectivity index is 2.03. The minimum Gasteiger partial charge on any atom is -0.293 e. The number of benzene rings is 2. The highest BCUT2D eigenvalue weighted by Gasteiger charge is 2.30. The van der Waals surface area contributed by atoms with Crippen LogP contribution in [0.2, 0.25) is 5.02 Å². The summed E-state index contributed by atoms with van der Waals surface area (Å²) in [6.45, 7) is 0. The van der Waals surface area contributed by atoms with E-state index in [1.165, 1.54) is 12.1 Å². The molecule has 0 amide bonds. The molecule has 1 nitrogen and oxygen atoms in total. The zero-order valence-electron chi connectivity index (χ0n) is 10.6. The second-order valence-corrected chi connectivity index (χ2v) is 5.60. The van der Waals surface area contributed by atoms with Gasteiger partial charge in [0, 0.05) is 21.5 Å². The fraction of sp³-hybridized carbons (Fsp3) is 0.133. The molecule has 0 atom stereocenters. The van der Waals surface area contributed by atoms with Gasteiger partial charge in [-0.25, -0.2) is 0 Å². The number of thioether (sulfide) groups is 1. The van der Waals surface area contributed by atoms with Gasteiger partial charge in [0.05, 0.1) is 11.3 Å². The molecule has 0 aliphatic heterocycles. The number of halogens is 4. The molecule has 0 saturated heterocycles. The van der Waals surface area contributed by atoms with Gasteiger partial charge in [0.25, 0.3) is 0 Å². The smallest absolute Gasteiger partial charge is 0.293 e. The van der Waals surface area contributed by atoms with E-state index in [0.29, 0.717) is 10.6 Å². The highest BCUT2D eigenvalue weighted by atomic mass is 35.5. The maximum absolute atomic E-state index is 12.5. The summed E-state index contributed by atoms with van der Waals surface area (Å²) < 4.78 is 37.6. The molecule has 2 aromatic carbocycles. The molecule has 0 spiro atoms. The molecule has 2 aromatic rings. The Bertz CT molecular complexity index is 638. The summed E-state index contributed by atoms with van der Waals surface area (Å²) in [6.07, 6.45) is -4.43. The van der Waals surface area contributed by atoms with Crippen LogP contribution >= 0.6 is 23.4 Å². The van der Waals surface area contributed by atoms with Crippen LogP contribution in [0, 0.1) is 6.07 Å². The van der Waals surface area contributed by atoms with Crippen molar-refractivity contribution in [3.8, 4) is 0 Å². The van der Waals surface area contributed by atoms with Crippen LogP contribution < -0.4 is 0 Å². The zero-order chi connectivity index (χ0) is 15.5. The van der Waals surface area contributed by atoms with Crippen molar-refractivity contribution in [2.45, 2.75) is 11.1 Å². The first-order valence-corrected chi connectivity index (χ1v) is 7.24. The Morgan fingerprint density at radius 2 is 1.81 bits per heavy atom.